The number of hydrogen-bond acceptors (Lipinski definition) is 2. The third kappa shape index (κ3) is 6.80. The quantitative estimate of drug-likeness (QED) is 0.157. The van der Waals surface area contributed by atoms with E-state index in [1.807, 2.05) is 36.4 Å². The van der Waals surface area contributed by atoms with Crippen molar-refractivity contribution >= 4 is 66.6 Å². The first-order chi connectivity index (χ1) is 32.2. The van der Waals surface area contributed by atoms with Crippen LogP contribution in [0.4, 0.5) is 11.4 Å². The van der Waals surface area contributed by atoms with Gasteiger partial charge in [-0.05, 0) is 71.8 Å². The van der Waals surface area contributed by atoms with Crippen molar-refractivity contribution in [3.8, 4) is 56.3 Å². The molecule has 10 aromatic carbocycles. The van der Waals surface area contributed by atoms with Gasteiger partial charge in [0.05, 0.1) is 27.8 Å². The highest BCUT2D eigenvalue weighted by molar-refractivity contribution is 6.31. The molecule has 0 spiro atoms. The van der Waals surface area contributed by atoms with Crippen molar-refractivity contribution in [3.63, 3.8) is 0 Å². The van der Waals surface area contributed by atoms with E-state index in [1.54, 1.807) is 0 Å². The summed E-state index contributed by atoms with van der Waals surface area (Å²) in [4.78, 5) is 0. The SMILES string of the molecule is Clc1cc(Nc2c(-c3cccc4c5ccccc5n(-c5ccccc5)c34)cccc2-c2cccc3c4ccccc4n(-c4ccccc4)c23)cc(Oc2ccc(-c3ccccc3)cc2)c1. The van der Waals surface area contributed by atoms with Crippen LogP contribution in [-0.2, 0) is 0 Å². The van der Waals surface area contributed by atoms with E-state index in [1.165, 1.54) is 21.5 Å². The number of nitrogens with one attached hydrogen (secondary N) is 1. The number of hydrogen-bond donors (Lipinski definition) is 1. The van der Waals surface area contributed by atoms with Crippen molar-refractivity contribution in [2.24, 2.45) is 0 Å². The molecule has 0 amide bonds. The average molecular weight is 854 g/mol. The summed E-state index contributed by atoms with van der Waals surface area (Å²) in [5.41, 5.74) is 15.1. The fourth-order valence-corrected chi connectivity index (χ4v) is 9.84. The second-order valence-electron chi connectivity index (χ2n) is 16.3. The number of halogens is 1. The van der Waals surface area contributed by atoms with Gasteiger partial charge in [-0.25, -0.2) is 0 Å². The van der Waals surface area contributed by atoms with Crippen LogP contribution in [-0.4, -0.2) is 9.13 Å². The highest BCUT2D eigenvalue weighted by atomic mass is 35.5. The van der Waals surface area contributed by atoms with E-state index in [-0.39, 0.29) is 0 Å². The maximum atomic E-state index is 7.00. The molecular formula is C60H40ClN3O. The van der Waals surface area contributed by atoms with E-state index in [0.29, 0.717) is 10.8 Å². The average Bonchev–Trinajstić information content (AvgIpc) is 3.89. The number of rotatable bonds is 9. The second-order valence-corrected chi connectivity index (χ2v) is 16.7. The molecule has 5 heteroatoms. The van der Waals surface area contributed by atoms with Crippen LogP contribution >= 0.6 is 11.6 Å². The van der Waals surface area contributed by atoms with Crippen LogP contribution in [0.15, 0.2) is 237 Å². The lowest BCUT2D eigenvalue weighted by atomic mass is 9.93. The Morgan fingerprint density at radius 1 is 0.354 bits per heavy atom. The Kier molecular flexibility index (Phi) is 9.51. The van der Waals surface area contributed by atoms with Gasteiger partial charge in [-0.3, -0.25) is 0 Å². The Labute approximate surface area is 381 Å². The largest absolute Gasteiger partial charge is 0.457 e. The zero-order valence-corrected chi connectivity index (χ0v) is 36.0. The van der Waals surface area contributed by atoms with Gasteiger partial charge in [0.1, 0.15) is 11.5 Å². The number of benzene rings is 10. The molecule has 0 saturated carbocycles. The van der Waals surface area contributed by atoms with E-state index in [2.05, 4.69) is 215 Å². The van der Waals surface area contributed by atoms with Crippen molar-refractivity contribution in [1.82, 2.24) is 9.13 Å². The highest BCUT2D eigenvalue weighted by Crippen LogP contribution is 2.47. The standard InChI is InChI=1S/C60H40ClN3O/c61-42-37-43(39-47(38-42)65-46-35-33-41(34-36-46)40-17-4-1-5-18-40)62-58-50(54-29-15-27-52-48-23-10-12-31-56(48)63(59(52)54)44-19-6-2-7-20-44)25-14-26-51(58)55-30-16-28-53-49-24-11-13-32-57(49)64(60(53)55)45-21-8-3-9-22-45/h1-39,62H. The van der Waals surface area contributed by atoms with Crippen molar-refractivity contribution in [2.45, 2.75) is 0 Å². The molecule has 0 radical (unpaired) electrons. The summed E-state index contributed by atoms with van der Waals surface area (Å²) in [5, 5.41) is 9.29. The van der Waals surface area contributed by atoms with Gasteiger partial charge in [-0.1, -0.05) is 181 Å². The minimum absolute atomic E-state index is 0.558. The first-order valence-electron chi connectivity index (χ1n) is 21.9. The van der Waals surface area contributed by atoms with E-state index >= 15 is 0 Å². The minimum Gasteiger partial charge on any atom is -0.457 e. The molecule has 0 bridgehead atoms. The molecule has 308 valence electrons. The molecule has 12 rings (SSSR count). The smallest absolute Gasteiger partial charge is 0.130 e. The predicted octanol–water partition coefficient (Wildman–Crippen LogP) is 17.1. The molecule has 0 unspecified atom stereocenters. The zero-order chi connectivity index (χ0) is 43.3. The van der Waals surface area contributed by atoms with Crippen LogP contribution in [0.1, 0.15) is 0 Å². The van der Waals surface area contributed by atoms with E-state index in [0.717, 1.165) is 83.9 Å². The molecule has 0 aliphatic rings. The van der Waals surface area contributed by atoms with Crippen LogP contribution in [0.3, 0.4) is 0 Å². The first kappa shape index (κ1) is 38.4. The van der Waals surface area contributed by atoms with Gasteiger partial charge in [0, 0.05) is 71.9 Å². The van der Waals surface area contributed by atoms with Gasteiger partial charge < -0.3 is 19.2 Å². The number of ether oxygens (including phenoxy) is 1. The third-order valence-corrected chi connectivity index (χ3v) is 12.6. The summed E-state index contributed by atoms with van der Waals surface area (Å²) in [5.74, 6) is 1.35. The summed E-state index contributed by atoms with van der Waals surface area (Å²) in [6.07, 6.45) is 0. The van der Waals surface area contributed by atoms with Crippen LogP contribution in [0, 0.1) is 0 Å². The Morgan fingerprint density at radius 3 is 1.35 bits per heavy atom. The van der Waals surface area contributed by atoms with Crippen molar-refractivity contribution in [2.75, 3.05) is 5.32 Å². The maximum Gasteiger partial charge on any atom is 0.130 e. The van der Waals surface area contributed by atoms with E-state index in [4.69, 9.17) is 16.3 Å². The third-order valence-electron chi connectivity index (χ3n) is 12.4. The fraction of sp³-hybridized carbons (Fsp3) is 0. The molecule has 0 atom stereocenters. The van der Waals surface area contributed by atoms with Crippen molar-refractivity contribution < 1.29 is 4.74 Å². The lowest BCUT2D eigenvalue weighted by Gasteiger charge is -2.21. The summed E-state index contributed by atoms with van der Waals surface area (Å²) >= 11 is 7.00. The lowest BCUT2D eigenvalue weighted by Crippen LogP contribution is -2.01. The highest BCUT2D eigenvalue weighted by Gasteiger charge is 2.23. The monoisotopic (exact) mass is 853 g/mol. The Hall–Kier alpha value is -8.31. The fourth-order valence-electron chi connectivity index (χ4n) is 9.62. The summed E-state index contributed by atoms with van der Waals surface area (Å²) < 4.78 is 11.3. The van der Waals surface area contributed by atoms with Gasteiger partial charge in [0.15, 0.2) is 0 Å². The Bertz CT molecular complexity index is 3530. The molecule has 1 N–H and O–H groups in total. The van der Waals surface area contributed by atoms with Gasteiger partial charge in [-0.2, -0.15) is 0 Å². The molecule has 0 fully saturated rings. The molecular weight excluding hydrogens is 814 g/mol. The zero-order valence-electron chi connectivity index (χ0n) is 35.2. The molecule has 0 saturated heterocycles. The summed E-state index contributed by atoms with van der Waals surface area (Å²) in [7, 11) is 0. The number of nitrogens with zero attached hydrogens (tertiary/aromatic N) is 2. The van der Waals surface area contributed by atoms with Gasteiger partial charge >= 0.3 is 0 Å². The lowest BCUT2D eigenvalue weighted by molar-refractivity contribution is 0.483. The van der Waals surface area contributed by atoms with Crippen LogP contribution in [0.25, 0.3) is 88.4 Å². The summed E-state index contributed by atoms with van der Waals surface area (Å²) in [6, 6.07) is 83.1. The topological polar surface area (TPSA) is 31.1 Å². The number of aromatic nitrogens is 2. The van der Waals surface area contributed by atoms with E-state index < -0.39 is 0 Å². The van der Waals surface area contributed by atoms with Crippen LogP contribution in [0.2, 0.25) is 5.02 Å². The first-order valence-corrected chi connectivity index (χ1v) is 22.2. The van der Waals surface area contributed by atoms with E-state index in [9.17, 15) is 0 Å². The number of fused-ring (bicyclic) bond motifs is 6. The molecule has 2 heterocycles. The normalized spacial score (nSPS) is 11.5. The Balaban J connectivity index is 1.09. The number of para-hydroxylation sites is 7. The van der Waals surface area contributed by atoms with Crippen molar-refractivity contribution in [3.05, 3.63) is 242 Å². The van der Waals surface area contributed by atoms with Crippen LogP contribution in [0.5, 0.6) is 11.5 Å². The van der Waals surface area contributed by atoms with Crippen LogP contribution < -0.4 is 10.1 Å². The second kappa shape index (κ2) is 16.1. The molecule has 12 aromatic rings. The summed E-state index contributed by atoms with van der Waals surface area (Å²) in [6.45, 7) is 0. The van der Waals surface area contributed by atoms with Gasteiger partial charge in [0.2, 0.25) is 0 Å². The molecule has 4 nitrogen and oxygen atoms in total. The molecule has 0 aliphatic carbocycles. The number of anilines is 2. The Morgan fingerprint density at radius 2 is 0.800 bits per heavy atom. The molecule has 0 aliphatic heterocycles. The van der Waals surface area contributed by atoms with Gasteiger partial charge in [-0.15, -0.1) is 0 Å². The minimum atomic E-state index is 0.558. The predicted molar refractivity (Wildman–Crippen MR) is 273 cm³/mol. The maximum absolute atomic E-state index is 7.00. The molecule has 2 aromatic heterocycles. The van der Waals surface area contributed by atoms with Gasteiger partial charge in [0.25, 0.3) is 0 Å². The molecule has 65 heavy (non-hydrogen) atoms. The van der Waals surface area contributed by atoms with Crippen molar-refractivity contribution in [1.29, 1.82) is 0 Å².